The van der Waals surface area contributed by atoms with Gasteiger partial charge in [-0.05, 0) is 55.8 Å². The van der Waals surface area contributed by atoms with E-state index in [2.05, 4.69) is 9.82 Å². The second-order valence-electron chi connectivity index (χ2n) is 5.94. The fraction of sp³-hybridized carbons (Fsp3) is 0.158. The molecular formula is C19H18ClN3O4S. The van der Waals surface area contributed by atoms with Crippen molar-refractivity contribution in [3.05, 3.63) is 70.9 Å². The summed E-state index contributed by atoms with van der Waals surface area (Å²) in [6, 6.07) is 13.1. The van der Waals surface area contributed by atoms with Gasteiger partial charge in [0.05, 0.1) is 23.4 Å². The van der Waals surface area contributed by atoms with E-state index in [1.54, 1.807) is 50.2 Å². The average molecular weight is 420 g/mol. The van der Waals surface area contributed by atoms with Gasteiger partial charge in [0.25, 0.3) is 10.0 Å². The molecule has 0 aliphatic heterocycles. The molecule has 3 rings (SSSR count). The summed E-state index contributed by atoms with van der Waals surface area (Å²) in [7, 11) is -3.96. The number of hydrogen-bond acceptors (Lipinski definition) is 5. The van der Waals surface area contributed by atoms with Crippen molar-refractivity contribution in [2.45, 2.75) is 18.7 Å². The van der Waals surface area contributed by atoms with Crippen molar-refractivity contribution in [2.75, 3.05) is 11.3 Å². The number of aryl methyl sites for hydroxylation is 1. The molecule has 1 aromatic heterocycles. The van der Waals surface area contributed by atoms with E-state index >= 15 is 0 Å². The van der Waals surface area contributed by atoms with Crippen molar-refractivity contribution in [1.82, 2.24) is 9.78 Å². The summed E-state index contributed by atoms with van der Waals surface area (Å²) in [5.74, 6) is -0.688. The number of sulfonamides is 1. The van der Waals surface area contributed by atoms with Gasteiger partial charge >= 0.3 is 5.97 Å². The fourth-order valence-electron chi connectivity index (χ4n) is 2.55. The van der Waals surface area contributed by atoms with E-state index in [0.717, 1.165) is 5.56 Å². The predicted molar refractivity (Wildman–Crippen MR) is 107 cm³/mol. The van der Waals surface area contributed by atoms with Crippen molar-refractivity contribution >= 4 is 33.4 Å². The highest BCUT2D eigenvalue weighted by Crippen LogP contribution is 2.25. The number of carbonyl (C=O) groups is 1. The first-order valence-electron chi connectivity index (χ1n) is 8.42. The monoisotopic (exact) mass is 419 g/mol. The smallest absolute Gasteiger partial charge is 0.343 e. The lowest BCUT2D eigenvalue weighted by atomic mass is 10.2. The third kappa shape index (κ3) is 4.18. The SMILES string of the molecule is CCOC(=O)c1cnn(-c2ccc(Cl)cc2)c1NS(=O)(=O)c1cccc(C)c1. The first-order chi connectivity index (χ1) is 13.3. The number of rotatable bonds is 6. The highest BCUT2D eigenvalue weighted by Gasteiger charge is 2.25. The van der Waals surface area contributed by atoms with Crippen LogP contribution in [0.1, 0.15) is 22.8 Å². The zero-order chi connectivity index (χ0) is 20.3. The van der Waals surface area contributed by atoms with Gasteiger partial charge in [0.1, 0.15) is 5.56 Å². The van der Waals surface area contributed by atoms with Crippen LogP contribution in [-0.4, -0.2) is 30.8 Å². The van der Waals surface area contributed by atoms with Gasteiger partial charge in [-0.3, -0.25) is 4.72 Å². The molecule has 0 bridgehead atoms. The van der Waals surface area contributed by atoms with Crippen LogP contribution in [0.4, 0.5) is 5.82 Å². The Bertz CT molecular complexity index is 1110. The van der Waals surface area contributed by atoms with Crippen molar-refractivity contribution in [2.24, 2.45) is 0 Å². The molecule has 9 heteroatoms. The maximum Gasteiger partial charge on any atom is 0.343 e. The molecule has 0 unspecified atom stereocenters. The van der Waals surface area contributed by atoms with Crippen molar-refractivity contribution in [3.63, 3.8) is 0 Å². The number of halogens is 1. The van der Waals surface area contributed by atoms with Crippen LogP contribution in [-0.2, 0) is 14.8 Å². The molecule has 0 atom stereocenters. The molecule has 3 aromatic rings. The van der Waals surface area contributed by atoms with E-state index in [9.17, 15) is 13.2 Å². The van der Waals surface area contributed by atoms with Crippen LogP contribution in [0.3, 0.4) is 0 Å². The number of nitrogens with zero attached hydrogens (tertiary/aromatic N) is 2. The van der Waals surface area contributed by atoms with Gasteiger partial charge in [0.15, 0.2) is 5.82 Å². The Morgan fingerprint density at radius 3 is 2.57 bits per heavy atom. The summed E-state index contributed by atoms with van der Waals surface area (Å²) >= 11 is 5.92. The number of hydrogen-bond donors (Lipinski definition) is 1. The molecule has 1 N–H and O–H groups in total. The maximum absolute atomic E-state index is 12.9. The zero-order valence-electron chi connectivity index (χ0n) is 15.2. The molecule has 0 saturated carbocycles. The molecule has 2 aromatic carbocycles. The van der Waals surface area contributed by atoms with Crippen LogP contribution in [0.5, 0.6) is 0 Å². The highest BCUT2D eigenvalue weighted by molar-refractivity contribution is 7.92. The van der Waals surface area contributed by atoms with Crippen LogP contribution in [0, 0.1) is 6.92 Å². The molecule has 0 fully saturated rings. The number of nitrogens with one attached hydrogen (secondary N) is 1. The molecule has 1 heterocycles. The lowest BCUT2D eigenvalue weighted by Gasteiger charge is -2.13. The molecule has 0 amide bonds. The number of anilines is 1. The summed E-state index contributed by atoms with van der Waals surface area (Å²) in [6.07, 6.45) is 1.26. The number of esters is 1. The van der Waals surface area contributed by atoms with E-state index in [4.69, 9.17) is 16.3 Å². The van der Waals surface area contributed by atoms with Crippen molar-refractivity contribution < 1.29 is 17.9 Å². The number of aromatic nitrogens is 2. The maximum atomic E-state index is 12.9. The van der Waals surface area contributed by atoms with Crippen LogP contribution in [0.15, 0.2) is 59.6 Å². The predicted octanol–water partition coefficient (Wildman–Crippen LogP) is 3.81. The summed E-state index contributed by atoms with van der Waals surface area (Å²) in [6.45, 7) is 3.61. The lowest BCUT2D eigenvalue weighted by molar-refractivity contribution is 0.0527. The molecule has 0 radical (unpaired) electrons. The van der Waals surface area contributed by atoms with E-state index in [-0.39, 0.29) is 22.9 Å². The van der Waals surface area contributed by atoms with Gasteiger partial charge in [-0.25, -0.2) is 17.9 Å². The van der Waals surface area contributed by atoms with Crippen LogP contribution in [0.2, 0.25) is 5.02 Å². The number of carbonyl (C=O) groups excluding carboxylic acids is 1. The summed E-state index contributed by atoms with van der Waals surface area (Å²) < 4.78 is 34.6. The van der Waals surface area contributed by atoms with Gasteiger partial charge in [-0.15, -0.1) is 0 Å². The van der Waals surface area contributed by atoms with E-state index < -0.39 is 16.0 Å². The van der Waals surface area contributed by atoms with Crippen molar-refractivity contribution in [1.29, 1.82) is 0 Å². The Kier molecular flexibility index (Phi) is 5.71. The molecule has 28 heavy (non-hydrogen) atoms. The Labute approximate surface area is 168 Å². The quantitative estimate of drug-likeness (QED) is 0.613. The largest absolute Gasteiger partial charge is 0.462 e. The topological polar surface area (TPSA) is 90.3 Å². The van der Waals surface area contributed by atoms with E-state index in [1.165, 1.54) is 23.0 Å². The summed E-state index contributed by atoms with van der Waals surface area (Å²) in [5, 5.41) is 4.68. The Balaban J connectivity index is 2.10. The lowest BCUT2D eigenvalue weighted by Crippen LogP contribution is -2.18. The van der Waals surface area contributed by atoms with Gasteiger partial charge in [-0.1, -0.05) is 23.7 Å². The minimum atomic E-state index is -3.96. The summed E-state index contributed by atoms with van der Waals surface area (Å²) in [5.41, 5.74) is 1.33. The molecule has 146 valence electrons. The van der Waals surface area contributed by atoms with Crippen LogP contribution >= 0.6 is 11.6 Å². The van der Waals surface area contributed by atoms with Crippen LogP contribution in [0.25, 0.3) is 5.69 Å². The van der Waals surface area contributed by atoms with Crippen LogP contribution < -0.4 is 4.72 Å². The minimum Gasteiger partial charge on any atom is -0.462 e. The first-order valence-corrected chi connectivity index (χ1v) is 10.3. The van der Waals surface area contributed by atoms with Gasteiger partial charge < -0.3 is 4.74 Å². The zero-order valence-corrected chi connectivity index (χ0v) is 16.8. The Morgan fingerprint density at radius 2 is 1.93 bits per heavy atom. The second kappa shape index (κ2) is 8.04. The van der Waals surface area contributed by atoms with Gasteiger partial charge in [0, 0.05) is 5.02 Å². The molecule has 0 aliphatic rings. The van der Waals surface area contributed by atoms with Gasteiger partial charge in [-0.2, -0.15) is 5.10 Å². The normalized spacial score (nSPS) is 11.2. The Morgan fingerprint density at radius 1 is 1.21 bits per heavy atom. The molecule has 0 spiro atoms. The standard InChI is InChI=1S/C19H18ClN3O4S/c1-3-27-19(24)17-12-21-23(15-9-7-14(20)8-10-15)18(17)22-28(25,26)16-6-4-5-13(2)11-16/h4-12,22H,3H2,1-2H3. The third-order valence-electron chi connectivity index (χ3n) is 3.87. The van der Waals surface area contributed by atoms with Crippen molar-refractivity contribution in [3.8, 4) is 5.69 Å². The summed E-state index contributed by atoms with van der Waals surface area (Å²) in [4.78, 5) is 12.4. The molecule has 0 saturated heterocycles. The highest BCUT2D eigenvalue weighted by atomic mass is 35.5. The minimum absolute atomic E-state index is 0.00743. The van der Waals surface area contributed by atoms with Gasteiger partial charge in [0.2, 0.25) is 0 Å². The third-order valence-corrected chi connectivity index (χ3v) is 5.46. The number of benzene rings is 2. The number of ether oxygens (including phenoxy) is 1. The first kappa shape index (κ1) is 19.9. The second-order valence-corrected chi connectivity index (χ2v) is 8.06. The Hall–Kier alpha value is -2.84. The molecular weight excluding hydrogens is 402 g/mol. The fourth-order valence-corrected chi connectivity index (χ4v) is 3.85. The molecule has 7 nitrogen and oxygen atoms in total. The molecule has 0 aliphatic carbocycles. The van der Waals surface area contributed by atoms with E-state index in [0.29, 0.717) is 10.7 Å². The average Bonchev–Trinajstić information content (AvgIpc) is 3.05. The van der Waals surface area contributed by atoms with E-state index in [1.807, 2.05) is 0 Å².